The highest BCUT2D eigenvalue weighted by molar-refractivity contribution is 5.86. The summed E-state index contributed by atoms with van der Waals surface area (Å²) in [5.41, 5.74) is -3.96. The average Bonchev–Trinajstić information content (AvgIpc) is 3.26. The third-order valence-electron chi connectivity index (χ3n) is 12.0. The van der Waals surface area contributed by atoms with E-state index in [1.807, 2.05) is 48.5 Å². The third-order valence-corrected chi connectivity index (χ3v) is 12.0. The van der Waals surface area contributed by atoms with Crippen LogP contribution in [0.4, 0.5) is 4.79 Å². The summed E-state index contributed by atoms with van der Waals surface area (Å²) in [5.74, 6) is -0.849. The first-order chi connectivity index (χ1) is 19.7. The molecule has 4 fully saturated rings. The van der Waals surface area contributed by atoms with Gasteiger partial charge in [-0.3, -0.25) is 14.5 Å². The lowest BCUT2D eigenvalue weighted by molar-refractivity contribution is -0.253. The Labute approximate surface area is 258 Å². The summed E-state index contributed by atoms with van der Waals surface area (Å²) in [6.45, 7) is 22.9. The topological polar surface area (TPSA) is 117 Å². The highest BCUT2D eigenvalue weighted by Gasteiger charge is 2.72. The van der Waals surface area contributed by atoms with Gasteiger partial charge in [0.1, 0.15) is 17.0 Å². The lowest BCUT2D eigenvalue weighted by atomic mass is 9.42. The van der Waals surface area contributed by atoms with E-state index in [0.29, 0.717) is 45.3 Å². The van der Waals surface area contributed by atoms with Crippen molar-refractivity contribution < 1.29 is 34.1 Å². The molecule has 8 unspecified atom stereocenters. The van der Waals surface area contributed by atoms with Crippen molar-refractivity contribution in [1.82, 2.24) is 9.80 Å². The van der Waals surface area contributed by atoms with Gasteiger partial charge in [0, 0.05) is 48.8 Å². The molecule has 4 aliphatic rings. The molecule has 9 nitrogen and oxygen atoms in total. The van der Waals surface area contributed by atoms with Gasteiger partial charge in [-0.1, -0.05) is 40.7 Å². The van der Waals surface area contributed by atoms with Gasteiger partial charge >= 0.3 is 12.1 Å². The van der Waals surface area contributed by atoms with Crippen molar-refractivity contribution in [3.63, 3.8) is 0 Å². The first-order valence-electron chi connectivity index (χ1n) is 16.2. The number of carbonyl (C=O) groups excluding carboxylic acids is 3. The summed E-state index contributed by atoms with van der Waals surface area (Å²) < 4.78 is 12.0. The first kappa shape index (κ1) is 33.9. The summed E-state index contributed by atoms with van der Waals surface area (Å²) >= 11 is 0. The van der Waals surface area contributed by atoms with E-state index in [4.69, 9.17) is 9.47 Å². The van der Waals surface area contributed by atoms with Gasteiger partial charge in [0.25, 0.3) is 0 Å². The molecule has 9 heteroatoms. The summed E-state index contributed by atoms with van der Waals surface area (Å²) in [7, 11) is 0. The van der Waals surface area contributed by atoms with Crippen LogP contribution in [0.2, 0.25) is 0 Å². The Hall–Kier alpha value is -1.97. The van der Waals surface area contributed by atoms with E-state index < -0.39 is 51.5 Å². The van der Waals surface area contributed by atoms with Crippen molar-refractivity contribution in [1.29, 1.82) is 0 Å². The number of nitrogens with zero attached hydrogens (tertiary/aromatic N) is 2. The van der Waals surface area contributed by atoms with E-state index in [2.05, 4.69) is 25.3 Å². The molecule has 1 saturated heterocycles. The largest absolute Gasteiger partial charge is 0.458 e. The summed E-state index contributed by atoms with van der Waals surface area (Å²) in [5, 5.41) is 23.6. The lowest BCUT2D eigenvalue weighted by Crippen LogP contribution is -2.69. The molecule has 1 heterocycles. The van der Waals surface area contributed by atoms with Gasteiger partial charge in [-0.25, -0.2) is 4.79 Å². The molecule has 3 aliphatic carbocycles. The standard InChI is InChI=1S/C34H56N2O7/c1-11-31(8)18-25(38)33(10)27-24(37)12-13-34(27,22(4)28(31)40)15-14-32(33,9)42-26(39)20-35-16-17-36(19-23(35)21(2)3)29(41)43-30(5,6)7/h11,21-23,25,27-28,38,40H,1,12-20H2,2-10H3/t22?,23-,25?,27?,28?,31?,32?,33?,34?/m1/s1. The first-order valence-corrected chi connectivity index (χ1v) is 16.2. The molecule has 1 aliphatic heterocycles. The molecule has 0 spiro atoms. The van der Waals surface area contributed by atoms with Crippen molar-refractivity contribution in [2.45, 2.75) is 124 Å². The monoisotopic (exact) mass is 604 g/mol. The normalized spacial score (nSPS) is 42.2. The summed E-state index contributed by atoms with van der Waals surface area (Å²) in [4.78, 5) is 44.1. The van der Waals surface area contributed by atoms with Crippen LogP contribution in [-0.2, 0) is 19.1 Å². The fourth-order valence-corrected chi connectivity index (χ4v) is 9.09. The number of rotatable bonds is 5. The SMILES string of the molecule is C=CC1(C)CC(O)C2(C)C3C(=O)CCC3(CCC2(C)OC(=O)CN2CCN(C(=O)OC(C)(C)C)C[C@@H]2C(C)C)C(C)C1O. The molecule has 1 amide bonds. The van der Waals surface area contributed by atoms with Crippen molar-refractivity contribution in [2.24, 2.45) is 34.0 Å². The quantitative estimate of drug-likeness (QED) is 0.346. The zero-order chi connectivity index (χ0) is 32.3. The second-order valence-electron chi connectivity index (χ2n) is 16.0. The molecule has 0 radical (unpaired) electrons. The second kappa shape index (κ2) is 11.4. The number of ketones is 1. The zero-order valence-corrected chi connectivity index (χ0v) is 27.9. The van der Waals surface area contributed by atoms with Crippen LogP contribution in [-0.4, -0.2) is 93.5 Å². The number of Topliss-reactive ketones (excluding diaryl/α,β-unsaturated/α-hetero) is 1. The van der Waals surface area contributed by atoms with Crippen LogP contribution in [0, 0.1) is 34.0 Å². The van der Waals surface area contributed by atoms with Crippen molar-refractivity contribution in [3.05, 3.63) is 12.7 Å². The van der Waals surface area contributed by atoms with Gasteiger partial charge < -0.3 is 24.6 Å². The maximum Gasteiger partial charge on any atom is 0.410 e. The number of aliphatic hydroxyl groups is 2. The van der Waals surface area contributed by atoms with Crippen LogP contribution < -0.4 is 0 Å². The Balaban J connectivity index is 1.59. The number of hydrogen-bond donors (Lipinski definition) is 2. The lowest BCUT2D eigenvalue weighted by Gasteiger charge is -2.64. The van der Waals surface area contributed by atoms with Crippen LogP contribution in [0.5, 0.6) is 0 Å². The van der Waals surface area contributed by atoms with Crippen LogP contribution >= 0.6 is 0 Å². The number of piperazine rings is 1. The molecule has 3 saturated carbocycles. The molecular formula is C34H56N2O7. The molecule has 244 valence electrons. The molecule has 0 aromatic carbocycles. The van der Waals surface area contributed by atoms with E-state index in [0.717, 1.165) is 0 Å². The van der Waals surface area contributed by atoms with Gasteiger partial charge in [0.2, 0.25) is 0 Å². The molecule has 9 atom stereocenters. The average molecular weight is 605 g/mol. The molecule has 2 N–H and O–H groups in total. The molecule has 43 heavy (non-hydrogen) atoms. The van der Waals surface area contributed by atoms with Gasteiger partial charge in [-0.15, -0.1) is 6.58 Å². The van der Waals surface area contributed by atoms with Crippen molar-refractivity contribution >= 4 is 17.8 Å². The van der Waals surface area contributed by atoms with Crippen LogP contribution in [0.15, 0.2) is 12.7 Å². The van der Waals surface area contributed by atoms with Crippen molar-refractivity contribution in [2.75, 3.05) is 26.2 Å². The van der Waals surface area contributed by atoms with Crippen LogP contribution in [0.25, 0.3) is 0 Å². The van der Waals surface area contributed by atoms with Gasteiger partial charge in [0.05, 0.1) is 18.8 Å². The summed E-state index contributed by atoms with van der Waals surface area (Å²) in [6.07, 6.45) is 2.03. The summed E-state index contributed by atoms with van der Waals surface area (Å²) in [6, 6.07) is -0.0600. The van der Waals surface area contributed by atoms with E-state index in [1.54, 1.807) is 11.0 Å². The van der Waals surface area contributed by atoms with Gasteiger partial charge in [-0.2, -0.15) is 0 Å². The number of esters is 1. The number of aliphatic hydroxyl groups excluding tert-OH is 2. The van der Waals surface area contributed by atoms with Crippen LogP contribution in [0.1, 0.15) is 94.4 Å². The number of ether oxygens (including phenoxy) is 2. The second-order valence-corrected chi connectivity index (χ2v) is 16.0. The predicted molar refractivity (Wildman–Crippen MR) is 164 cm³/mol. The zero-order valence-electron chi connectivity index (χ0n) is 27.9. The number of carbonyl (C=O) groups is 3. The maximum atomic E-state index is 13.8. The van der Waals surface area contributed by atoms with E-state index in [-0.39, 0.29) is 42.7 Å². The molecular weight excluding hydrogens is 548 g/mol. The van der Waals surface area contributed by atoms with E-state index in [9.17, 15) is 24.6 Å². The fraction of sp³-hybridized carbons (Fsp3) is 0.853. The number of amides is 1. The Morgan fingerprint density at radius 3 is 2.35 bits per heavy atom. The molecule has 0 aromatic rings. The van der Waals surface area contributed by atoms with Gasteiger partial charge in [-0.05, 0) is 70.6 Å². The molecule has 4 rings (SSSR count). The predicted octanol–water partition coefficient (Wildman–Crippen LogP) is 4.59. The third kappa shape index (κ3) is 5.67. The Morgan fingerprint density at radius 2 is 1.77 bits per heavy atom. The molecule has 0 aromatic heterocycles. The Kier molecular flexibility index (Phi) is 9.02. The minimum absolute atomic E-state index is 0.0516. The van der Waals surface area contributed by atoms with Gasteiger partial charge in [0.15, 0.2) is 0 Å². The smallest absolute Gasteiger partial charge is 0.410 e. The molecule has 2 bridgehead atoms. The van der Waals surface area contributed by atoms with E-state index >= 15 is 0 Å². The van der Waals surface area contributed by atoms with E-state index in [1.165, 1.54) is 0 Å². The highest BCUT2D eigenvalue weighted by atomic mass is 16.6. The fourth-order valence-electron chi connectivity index (χ4n) is 9.09. The Bertz CT molecular complexity index is 1120. The Morgan fingerprint density at radius 1 is 1.12 bits per heavy atom. The van der Waals surface area contributed by atoms with Crippen LogP contribution in [0.3, 0.4) is 0 Å². The minimum Gasteiger partial charge on any atom is -0.458 e. The number of hydrogen-bond acceptors (Lipinski definition) is 8. The minimum atomic E-state index is -1.09. The maximum absolute atomic E-state index is 13.8. The highest BCUT2D eigenvalue weighted by Crippen LogP contribution is 2.69. The van der Waals surface area contributed by atoms with Crippen molar-refractivity contribution in [3.8, 4) is 0 Å².